The van der Waals surface area contributed by atoms with Gasteiger partial charge in [-0.15, -0.1) is 0 Å². The molecule has 0 radical (unpaired) electrons. The number of amides is 1. The first-order chi connectivity index (χ1) is 8.61. The maximum atomic E-state index is 12.2. The number of benzene rings is 1. The summed E-state index contributed by atoms with van der Waals surface area (Å²) in [6.45, 7) is 2.43. The smallest absolute Gasteiger partial charge is 0.251 e. The Hall–Kier alpha value is -1.55. The number of ether oxygens (including phenoxy) is 1. The van der Waals surface area contributed by atoms with Crippen LogP contribution in [0.4, 0.5) is 5.69 Å². The lowest BCUT2D eigenvalue weighted by atomic mass is 10.2. The van der Waals surface area contributed by atoms with E-state index in [1.165, 1.54) is 0 Å². The number of anilines is 1. The number of nitrogen functional groups attached to an aromatic ring is 1. The summed E-state index contributed by atoms with van der Waals surface area (Å²) in [7, 11) is 1.57. The summed E-state index contributed by atoms with van der Waals surface area (Å²) in [6, 6.07) is 8.05. The van der Waals surface area contributed by atoms with Gasteiger partial charge in [0, 0.05) is 25.4 Å². The number of nitrogens with zero attached hydrogens (tertiary/aromatic N) is 1. The van der Waals surface area contributed by atoms with Crippen molar-refractivity contribution < 1.29 is 9.53 Å². The highest BCUT2D eigenvalue weighted by atomic mass is 16.5. The van der Waals surface area contributed by atoms with Gasteiger partial charge in [0.05, 0.1) is 0 Å². The van der Waals surface area contributed by atoms with Crippen LogP contribution in [0.3, 0.4) is 0 Å². The maximum Gasteiger partial charge on any atom is 0.251 e. The zero-order chi connectivity index (χ0) is 13.1. The van der Waals surface area contributed by atoms with E-state index in [1.807, 2.05) is 29.2 Å². The Balaban J connectivity index is 2.06. The molecule has 98 valence electrons. The number of carbonyl (C=O) groups excluding carboxylic acids is 1. The molecule has 1 aromatic carbocycles. The number of methoxy groups -OCH3 is 1. The highest BCUT2D eigenvalue weighted by molar-refractivity contribution is 5.81. The lowest BCUT2D eigenvalue weighted by Crippen LogP contribution is -2.39. The molecule has 0 aromatic heterocycles. The van der Waals surface area contributed by atoms with E-state index in [0.29, 0.717) is 12.6 Å². The van der Waals surface area contributed by atoms with E-state index < -0.39 is 0 Å². The van der Waals surface area contributed by atoms with Crippen molar-refractivity contribution in [1.29, 1.82) is 0 Å². The largest absolute Gasteiger partial charge is 0.399 e. The van der Waals surface area contributed by atoms with E-state index in [2.05, 4.69) is 0 Å². The van der Waals surface area contributed by atoms with Crippen LogP contribution in [-0.4, -0.2) is 30.1 Å². The van der Waals surface area contributed by atoms with Crippen molar-refractivity contribution in [2.45, 2.75) is 38.5 Å². The molecule has 1 fully saturated rings. The molecule has 1 saturated carbocycles. The minimum absolute atomic E-state index is 0.0665. The molecule has 0 aliphatic heterocycles. The Bertz CT molecular complexity index is 412. The van der Waals surface area contributed by atoms with Crippen LogP contribution < -0.4 is 5.73 Å². The van der Waals surface area contributed by atoms with Gasteiger partial charge in [0.25, 0.3) is 5.91 Å². The SMILES string of the molecule is COC(C)C(=O)N(Cc1ccc(N)cc1)C1CC1. The van der Waals surface area contributed by atoms with Gasteiger partial charge in [-0.1, -0.05) is 12.1 Å². The molecule has 1 aliphatic carbocycles. The third-order valence-corrected chi connectivity index (χ3v) is 3.30. The second-order valence-corrected chi connectivity index (χ2v) is 4.82. The quantitative estimate of drug-likeness (QED) is 0.808. The van der Waals surface area contributed by atoms with Gasteiger partial charge in [0.1, 0.15) is 6.10 Å². The van der Waals surface area contributed by atoms with Crippen LogP contribution in [0.25, 0.3) is 0 Å². The molecule has 4 heteroatoms. The van der Waals surface area contributed by atoms with Crippen molar-refractivity contribution in [3.8, 4) is 0 Å². The third kappa shape index (κ3) is 3.01. The van der Waals surface area contributed by atoms with Gasteiger partial charge >= 0.3 is 0 Å². The predicted molar refractivity (Wildman–Crippen MR) is 70.9 cm³/mol. The molecular formula is C14H20N2O2. The highest BCUT2D eigenvalue weighted by Crippen LogP contribution is 2.29. The average molecular weight is 248 g/mol. The standard InChI is InChI=1S/C14H20N2O2/c1-10(18-2)14(17)16(13-7-8-13)9-11-3-5-12(15)6-4-11/h3-6,10,13H,7-9,15H2,1-2H3. The normalized spacial score (nSPS) is 16.3. The van der Waals surface area contributed by atoms with Crippen LogP contribution in [0, 0.1) is 0 Å². The van der Waals surface area contributed by atoms with Gasteiger partial charge in [-0.25, -0.2) is 0 Å². The van der Waals surface area contributed by atoms with Gasteiger partial charge < -0.3 is 15.4 Å². The highest BCUT2D eigenvalue weighted by Gasteiger charge is 2.34. The minimum Gasteiger partial charge on any atom is -0.399 e. The van der Waals surface area contributed by atoms with Crippen LogP contribution in [0.2, 0.25) is 0 Å². The molecule has 1 aromatic rings. The van der Waals surface area contributed by atoms with Crippen LogP contribution in [0.1, 0.15) is 25.3 Å². The van der Waals surface area contributed by atoms with Crippen LogP contribution in [-0.2, 0) is 16.1 Å². The van der Waals surface area contributed by atoms with Gasteiger partial charge in [0.15, 0.2) is 0 Å². The first-order valence-electron chi connectivity index (χ1n) is 6.29. The van der Waals surface area contributed by atoms with Crippen molar-refractivity contribution in [3.05, 3.63) is 29.8 Å². The number of hydrogen-bond acceptors (Lipinski definition) is 3. The minimum atomic E-state index is -0.376. The number of nitrogens with two attached hydrogens (primary N) is 1. The Morgan fingerprint density at radius 1 is 1.44 bits per heavy atom. The molecule has 18 heavy (non-hydrogen) atoms. The maximum absolute atomic E-state index is 12.2. The van der Waals surface area contributed by atoms with Crippen molar-refractivity contribution in [3.63, 3.8) is 0 Å². The molecule has 2 N–H and O–H groups in total. The molecule has 1 aliphatic rings. The van der Waals surface area contributed by atoms with Gasteiger partial charge in [-0.05, 0) is 37.5 Å². The first-order valence-corrected chi connectivity index (χ1v) is 6.29. The summed E-state index contributed by atoms with van der Waals surface area (Å²) < 4.78 is 5.12. The number of rotatable bonds is 5. The molecule has 1 amide bonds. The summed E-state index contributed by atoms with van der Waals surface area (Å²) in [6.07, 6.45) is 1.81. The van der Waals surface area contributed by atoms with E-state index >= 15 is 0 Å². The van der Waals surface area contributed by atoms with Crippen molar-refractivity contribution in [1.82, 2.24) is 4.90 Å². The second kappa shape index (κ2) is 5.40. The zero-order valence-corrected chi connectivity index (χ0v) is 10.9. The van der Waals surface area contributed by atoms with E-state index in [-0.39, 0.29) is 12.0 Å². The predicted octanol–water partition coefficient (Wildman–Crippen LogP) is 1.79. The topological polar surface area (TPSA) is 55.6 Å². The molecular weight excluding hydrogens is 228 g/mol. The molecule has 2 rings (SSSR count). The number of hydrogen-bond donors (Lipinski definition) is 1. The molecule has 0 saturated heterocycles. The summed E-state index contributed by atoms with van der Waals surface area (Å²) in [5, 5.41) is 0. The fourth-order valence-electron chi connectivity index (χ4n) is 1.93. The molecule has 4 nitrogen and oxygen atoms in total. The van der Waals surface area contributed by atoms with E-state index in [9.17, 15) is 4.79 Å². The molecule has 1 unspecified atom stereocenters. The fraction of sp³-hybridized carbons (Fsp3) is 0.500. The summed E-state index contributed by atoms with van der Waals surface area (Å²) in [4.78, 5) is 14.1. The van der Waals surface area contributed by atoms with Gasteiger partial charge in [-0.2, -0.15) is 0 Å². The van der Waals surface area contributed by atoms with Crippen molar-refractivity contribution in [2.75, 3.05) is 12.8 Å². The lowest BCUT2D eigenvalue weighted by Gasteiger charge is -2.25. The molecule has 1 atom stereocenters. The Morgan fingerprint density at radius 3 is 2.56 bits per heavy atom. The Labute approximate surface area is 108 Å². The van der Waals surface area contributed by atoms with Crippen molar-refractivity contribution in [2.24, 2.45) is 0 Å². The van der Waals surface area contributed by atoms with E-state index in [4.69, 9.17) is 10.5 Å². The molecule has 0 heterocycles. The third-order valence-electron chi connectivity index (χ3n) is 3.30. The Morgan fingerprint density at radius 2 is 2.06 bits per heavy atom. The molecule has 0 spiro atoms. The average Bonchev–Trinajstić information content (AvgIpc) is 3.20. The zero-order valence-electron chi connectivity index (χ0n) is 10.9. The van der Waals surface area contributed by atoms with Crippen LogP contribution >= 0.6 is 0 Å². The summed E-state index contributed by atoms with van der Waals surface area (Å²) in [5.74, 6) is 0.0665. The molecule has 0 bridgehead atoms. The summed E-state index contributed by atoms with van der Waals surface area (Å²) in [5.41, 5.74) is 7.51. The Kier molecular flexibility index (Phi) is 3.87. The van der Waals surface area contributed by atoms with Crippen LogP contribution in [0.5, 0.6) is 0 Å². The second-order valence-electron chi connectivity index (χ2n) is 4.82. The lowest BCUT2D eigenvalue weighted by molar-refractivity contribution is -0.142. The first kappa shape index (κ1) is 12.9. The van der Waals surface area contributed by atoms with E-state index in [1.54, 1.807) is 14.0 Å². The monoisotopic (exact) mass is 248 g/mol. The van der Waals surface area contributed by atoms with Gasteiger partial charge in [-0.3, -0.25) is 4.79 Å². The van der Waals surface area contributed by atoms with E-state index in [0.717, 1.165) is 24.1 Å². The van der Waals surface area contributed by atoms with Crippen LogP contribution in [0.15, 0.2) is 24.3 Å². The summed E-state index contributed by atoms with van der Waals surface area (Å²) >= 11 is 0. The van der Waals surface area contributed by atoms with Gasteiger partial charge in [0.2, 0.25) is 0 Å². The fourth-order valence-corrected chi connectivity index (χ4v) is 1.93. The van der Waals surface area contributed by atoms with Crippen molar-refractivity contribution >= 4 is 11.6 Å². The number of carbonyl (C=O) groups is 1.